The van der Waals surface area contributed by atoms with Crippen LogP contribution in [-0.4, -0.2) is 34.2 Å². The van der Waals surface area contributed by atoms with E-state index in [1.807, 2.05) is 6.92 Å². The lowest BCUT2D eigenvalue weighted by Crippen LogP contribution is -2.50. The minimum absolute atomic E-state index is 0.0961. The molecule has 0 bridgehead atoms. The first kappa shape index (κ1) is 11.6. The largest absolute Gasteiger partial charge is 0.354 e. The molecule has 1 fully saturated rings. The Bertz CT molecular complexity index is 427. The number of piperidine rings is 1. The number of aryl methyl sites for hydroxylation is 1. The molecule has 2 N–H and O–H groups in total. The van der Waals surface area contributed by atoms with Gasteiger partial charge in [0, 0.05) is 12.7 Å². The van der Waals surface area contributed by atoms with E-state index in [9.17, 15) is 9.59 Å². The number of hydrogen-bond acceptors (Lipinski definition) is 3. The van der Waals surface area contributed by atoms with Crippen LogP contribution >= 0.6 is 0 Å². The van der Waals surface area contributed by atoms with E-state index in [2.05, 4.69) is 15.7 Å². The highest BCUT2D eigenvalue weighted by atomic mass is 16.2. The molecule has 17 heavy (non-hydrogen) atoms. The summed E-state index contributed by atoms with van der Waals surface area (Å²) >= 11 is 0. The molecule has 92 valence electrons. The Hall–Kier alpha value is -1.85. The molecular weight excluding hydrogens is 220 g/mol. The maximum atomic E-state index is 11.7. The number of carbonyl (C=O) groups excluding carboxylic acids is 2. The molecule has 0 aromatic carbocycles. The molecule has 0 spiro atoms. The zero-order valence-corrected chi connectivity index (χ0v) is 9.77. The number of carbonyl (C=O) groups is 2. The Morgan fingerprint density at radius 2 is 2.53 bits per heavy atom. The van der Waals surface area contributed by atoms with E-state index in [4.69, 9.17) is 0 Å². The molecule has 6 heteroatoms. The monoisotopic (exact) mass is 236 g/mol. The average Bonchev–Trinajstić information content (AvgIpc) is 2.67. The molecule has 6 nitrogen and oxygen atoms in total. The maximum absolute atomic E-state index is 11.7. The molecular formula is C11H16N4O2. The van der Waals surface area contributed by atoms with Crippen molar-refractivity contribution in [2.24, 2.45) is 0 Å². The Labute approximate surface area is 99.4 Å². The van der Waals surface area contributed by atoms with Gasteiger partial charge in [-0.3, -0.25) is 14.3 Å². The summed E-state index contributed by atoms with van der Waals surface area (Å²) in [4.78, 5) is 23.1. The molecule has 1 saturated heterocycles. The Kier molecular flexibility index (Phi) is 3.41. The molecule has 1 unspecified atom stereocenters. The SMILES string of the molecule is Cc1cnn(CC(=O)NC2CCCNC2=O)c1. The van der Waals surface area contributed by atoms with Gasteiger partial charge in [-0.25, -0.2) is 0 Å². The molecule has 0 saturated carbocycles. The smallest absolute Gasteiger partial charge is 0.242 e. The van der Waals surface area contributed by atoms with Gasteiger partial charge in [-0.05, 0) is 25.3 Å². The zero-order valence-electron chi connectivity index (χ0n) is 9.77. The molecule has 2 rings (SSSR count). The molecule has 0 radical (unpaired) electrons. The topological polar surface area (TPSA) is 76.0 Å². The van der Waals surface area contributed by atoms with Crippen molar-refractivity contribution < 1.29 is 9.59 Å². The van der Waals surface area contributed by atoms with Crippen molar-refractivity contribution in [2.45, 2.75) is 32.4 Å². The van der Waals surface area contributed by atoms with Gasteiger partial charge in [0.05, 0.1) is 6.20 Å². The Morgan fingerprint density at radius 1 is 1.71 bits per heavy atom. The summed E-state index contributed by atoms with van der Waals surface area (Å²) < 4.78 is 1.56. The second kappa shape index (κ2) is 4.99. The lowest BCUT2D eigenvalue weighted by Gasteiger charge is -2.22. The van der Waals surface area contributed by atoms with E-state index in [0.29, 0.717) is 13.0 Å². The molecule has 1 aromatic heterocycles. The van der Waals surface area contributed by atoms with Gasteiger partial charge in [0.25, 0.3) is 0 Å². The molecule has 1 atom stereocenters. The molecule has 1 aliphatic rings. The van der Waals surface area contributed by atoms with Crippen molar-refractivity contribution in [1.82, 2.24) is 20.4 Å². The van der Waals surface area contributed by atoms with E-state index < -0.39 is 6.04 Å². The van der Waals surface area contributed by atoms with Crippen LogP contribution in [0.1, 0.15) is 18.4 Å². The van der Waals surface area contributed by atoms with Crippen molar-refractivity contribution >= 4 is 11.8 Å². The summed E-state index contributed by atoms with van der Waals surface area (Å²) in [6.07, 6.45) is 5.09. The predicted octanol–water partition coefficient (Wildman–Crippen LogP) is -0.414. The summed E-state index contributed by atoms with van der Waals surface area (Å²) in [6, 6.07) is -0.395. The lowest BCUT2D eigenvalue weighted by atomic mass is 10.1. The summed E-state index contributed by atoms with van der Waals surface area (Å²) in [5.74, 6) is -0.281. The zero-order chi connectivity index (χ0) is 12.3. The quantitative estimate of drug-likeness (QED) is 0.749. The standard InChI is InChI=1S/C11H16N4O2/c1-8-5-13-15(6-8)7-10(16)14-9-3-2-4-12-11(9)17/h5-6,9H,2-4,7H2,1H3,(H,12,17)(H,14,16). The van der Waals surface area contributed by atoms with E-state index in [1.165, 1.54) is 0 Å². The second-order valence-corrected chi connectivity index (χ2v) is 4.27. The van der Waals surface area contributed by atoms with E-state index >= 15 is 0 Å². The van der Waals surface area contributed by atoms with Gasteiger partial charge < -0.3 is 10.6 Å². The number of nitrogens with one attached hydrogen (secondary N) is 2. The first-order valence-corrected chi connectivity index (χ1v) is 5.71. The van der Waals surface area contributed by atoms with Crippen LogP contribution in [0.2, 0.25) is 0 Å². The van der Waals surface area contributed by atoms with Crippen LogP contribution in [0.4, 0.5) is 0 Å². The fraction of sp³-hybridized carbons (Fsp3) is 0.545. The highest BCUT2D eigenvalue weighted by Crippen LogP contribution is 2.03. The molecule has 2 heterocycles. The van der Waals surface area contributed by atoms with Crippen molar-refractivity contribution in [2.75, 3.05) is 6.54 Å². The van der Waals surface area contributed by atoms with Crippen LogP contribution in [-0.2, 0) is 16.1 Å². The van der Waals surface area contributed by atoms with Gasteiger partial charge in [-0.15, -0.1) is 0 Å². The van der Waals surface area contributed by atoms with Gasteiger partial charge in [-0.1, -0.05) is 0 Å². The van der Waals surface area contributed by atoms with Crippen LogP contribution in [0.3, 0.4) is 0 Å². The van der Waals surface area contributed by atoms with Crippen LogP contribution in [0, 0.1) is 6.92 Å². The van der Waals surface area contributed by atoms with Gasteiger partial charge in [0.1, 0.15) is 12.6 Å². The van der Waals surface area contributed by atoms with Gasteiger partial charge in [0.2, 0.25) is 11.8 Å². The molecule has 1 aromatic rings. The summed E-state index contributed by atoms with van der Waals surface area (Å²) in [5.41, 5.74) is 1.01. The fourth-order valence-electron chi connectivity index (χ4n) is 1.85. The minimum atomic E-state index is -0.395. The lowest BCUT2D eigenvalue weighted by molar-refractivity contribution is -0.130. The summed E-state index contributed by atoms with van der Waals surface area (Å²) in [6.45, 7) is 2.76. The number of hydrogen-bond donors (Lipinski definition) is 2. The first-order chi connectivity index (χ1) is 8.15. The minimum Gasteiger partial charge on any atom is -0.354 e. The highest BCUT2D eigenvalue weighted by Gasteiger charge is 2.23. The Balaban J connectivity index is 1.86. The van der Waals surface area contributed by atoms with E-state index in [1.54, 1.807) is 17.1 Å². The number of amides is 2. The van der Waals surface area contributed by atoms with Crippen LogP contribution in [0.15, 0.2) is 12.4 Å². The predicted molar refractivity (Wildman–Crippen MR) is 61.1 cm³/mol. The third-order valence-electron chi connectivity index (χ3n) is 2.69. The van der Waals surface area contributed by atoms with Crippen LogP contribution < -0.4 is 10.6 Å². The normalized spacial score (nSPS) is 19.8. The highest BCUT2D eigenvalue weighted by molar-refractivity contribution is 5.87. The third kappa shape index (κ3) is 3.05. The Morgan fingerprint density at radius 3 is 3.18 bits per heavy atom. The number of aromatic nitrogens is 2. The molecule has 0 aliphatic carbocycles. The second-order valence-electron chi connectivity index (χ2n) is 4.27. The first-order valence-electron chi connectivity index (χ1n) is 5.71. The van der Waals surface area contributed by atoms with Gasteiger partial charge in [0.15, 0.2) is 0 Å². The van der Waals surface area contributed by atoms with Crippen molar-refractivity contribution in [3.63, 3.8) is 0 Å². The van der Waals surface area contributed by atoms with Gasteiger partial charge >= 0.3 is 0 Å². The maximum Gasteiger partial charge on any atom is 0.242 e. The molecule has 2 amide bonds. The third-order valence-corrected chi connectivity index (χ3v) is 2.69. The van der Waals surface area contributed by atoms with E-state index in [0.717, 1.165) is 12.0 Å². The van der Waals surface area contributed by atoms with E-state index in [-0.39, 0.29) is 18.4 Å². The van der Waals surface area contributed by atoms with Crippen molar-refractivity contribution in [3.8, 4) is 0 Å². The van der Waals surface area contributed by atoms with Crippen molar-refractivity contribution in [3.05, 3.63) is 18.0 Å². The van der Waals surface area contributed by atoms with Crippen LogP contribution in [0.5, 0.6) is 0 Å². The molecule has 1 aliphatic heterocycles. The van der Waals surface area contributed by atoms with Crippen LogP contribution in [0.25, 0.3) is 0 Å². The summed E-state index contributed by atoms with van der Waals surface area (Å²) in [5, 5.41) is 9.47. The van der Waals surface area contributed by atoms with Gasteiger partial charge in [-0.2, -0.15) is 5.10 Å². The number of nitrogens with zero attached hydrogens (tertiary/aromatic N) is 2. The number of rotatable bonds is 3. The average molecular weight is 236 g/mol. The van der Waals surface area contributed by atoms with Crippen molar-refractivity contribution in [1.29, 1.82) is 0 Å². The summed E-state index contributed by atoms with van der Waals surface area (Å²) in [7, 11) is 0. The fourth-order valence-corrected chi connectivity index (χ4v) is 1.85.